The van der Waals surface area contributed by atoms with Gasteiger partial charge >= 0.3 is 0 Å². The van der Waals surface area contributed by atoms with Crippen LogP contribution >= 0.6 is 0 Å². The Balaban J connectivity index is 2.04. The molecule has 0 radical (unpaired) electrons. The number of nitrogens with two attached hydrogens (primary N) is 1. The summed E-state index contributed by atoms with van der Waals surface area (Å²) in [5.41, 5.74) is 8.62. The van der Waals surface area contributed by atoms with Crippen LogP contribution in [0, 0.1) is 6.92 Å². The molecule has 1 fully saturated rings. The number of nitrogens with zero attached hydrogens (tertiary/aromatic N) is 1. The number of benzene rings is 1. The molecule has 0 bridgehead atoms. The average molecular weight is 261 g/mol. The third-order valence-corrected chi connectivity index (χ3v) is 4.30. The molecule has 2 rings (SSSR count). The van der Waals surface area contributed by atoms with Crippen molar-refractivity contribution < 1.29 is 0 Å². The lowest BCUT2D eigenvalue weighted by molar-refractivity contribution is 0.144. The lowest BCUT2D eigenvalue weighted by Crippen LogP contribution is -2.54. The van der Waals surface area contributed by atoms with Crippen LogP contribution in [0.5, 0.6) is 0 Å². The Hall–Kier alpha value is -1.06. The SMILES string of the molecule is Cc1cccc(NC2(CN)CCN(C(C)C)CC2)c1. The van der Waals surface area contributed by atoms with Gasteiger partial charge in [0.1, 0.15) is 0 Å². The number of nitrogens with one attached hydrogen (secondary N) is 1. The molecule has 0 spiro atoms. The summed E-state index contributed by atoms with van der Waals surface area (Å²) in [5.74, 6) is 0. The number of hydrogen-bond donors (Lipinski definition) is 2. The Labute approximate surface area is 117 Å². The first-order valence-electron chi connectivity index (χ1n) is 7.34. The molecule has 1 aliphatic rings. The molecule has 0 amide bonds. The van der Waals surface area contributed by atoms with Crippen LogP contribution in [0.15, 0.2) is 24.3 Å². The van der Waals surface area contributed by atoms with E-state index in [2.05, 4.69) is 55.3 Å². The highest BCUT2D eigenvalue weighted by Crippen LogP contribution is 2.27. The summed E-state index contributed by atoms with van der Waals surface area (Å²) >= 11 is 0. The molecular formula is C16H27N3. The van der Waals surface area contributed by atoms with Crippen molar-refractivity contribution in [3.63, 3.8) is 0 Å². The van der Waals surface area contributed by atoms with Crippen molar-refractivity contribution in [2.75, 3.05) is 25.0 Å². The molecule has 0 aliphatic carbocycles. The van der Waals surface area contributed by atoms with E-state index in [0.717, 1.165) is 25.9 Å². The number of likely N-dealkylation sites (tertiary alicyclic amines) is 1. The molecule has 1 heterocycles. The zero-order valence-corrected chi connectivity index (χ0v) is 12.4. The molecule has 0 saturated carbocycles. The molecule has 3 nitrogen and oxygen atoms in total. The van der Waals surface area contributed by atoms with Crippen molar-refractivity contribution >= 4 is 5.69 Å². The number of piperidine rings is 1. The van der Waals surface area contributed by atoms with Crippen LogP contribution in [-0.2, 0) is 0 Å². The van der Waals surface area contributed by atoms with Crippen molar-refractivity contribution in [1.29, 1.82) is 0 Å². The molecule has 3 N–H and O–H groups in total. The molecule has 0 atom stereocenters. The van der Waals surface area contributed by atoms with Crippen LogP contribution in [0.4, 0.5) is 5.69 Å². The highest BCUT2D eigenvalue weighted by Gasteiger charge is 2.33. The van der Waals surface area contributed by atoms with Crippen LogP contribution in [0.3, 0.4) is 0 Å². The Morgan fingerprint density at radius 1 is 1.32 bits per heavy atom. The molecule has 1 aromatic rings. The van der Waals surface area contributed by atoms with Gasteiger partial charge in [0.25, 0.3) is 0 Å². The number of rotatable bonds is 4. The Bertz CT molecular complexity index is 406. The molecule has 106 valence electrons. The fourth-order valence-electron chi connectivity index (χ4n) is 2.88. The van der Waals surface area contributed by atoms with Crippen LogP contribution in [0.2, 0.25) is 0 Å². The van der Waals surface area contributed by atoms with Gasteiger partial charge in [-0.05, 0) is 51.3 Å². The van der Waals surface area contributed by atoms with E-state index in [4.69, 9.17) is 5.73 Å². The van der Waals surface area contributed by atoms with Crippen LogP contribution in [0.25, 0.3) is 0 Å². The Kier molecular flexibility index (Phi) is 4.48. The quantitative estimate of drug-likeness (QED) is 0.875. The number of anilines is 1. The number of hydrogen-bond acceptors (Lipinski definition) is 3. The molecule has 19 heavy (non-hydrogen) atoms. The van der Waals surface area contributed by atoms with Gasteiger partial charge < -0.3 is 16.0 Å². The van der Waals surface area contributed by atoms with Crippen molar-refractivity contribution in [3.05, 3.63) is 29.8 Å². The average Bonchev–Trinajstić information content (AvgIpc) is 2.39. The maximum absolute atomic E-state index is 6.06. The highest BCUT2D eigenvalue weighted by atomic mass is 15.2. The third kappa shape index (κ3) is 3.48. The molecular weight excluding hydrogens is 234 g/mol. The Morgan fingerprint density at radius 2 is 2.00 bits per heavy atom. The fourth-order valence-corrected chi connectivity index (χ4v) is 2.88. The predicted molar refractivity (Wildman–Crippen MR) is 82.5 cm³/mol. The maximum Gasteiger partial charge on any atom is 0.0520 e. The first-order valence-corrected chi connectivity index (χ1v) is 7.34. The summed E-state index contributed by atoms with van der Waals surface area (Å²) in [4.78, 5) is 2.53. The normalized spacial score (nSPS) is 19.6. The summed E-state index contributed by atoms with van der Waals surface area (Å²) < 4.78 is 0. The second-order valence-electron chi connectivity index (χ2n) is 6.11. The smallest absolute Gasteiger partial charge is 0.0520 e. The van der Waals surface area contributed by atoms with Crippen molar-refractivity contribution in [2.45, 2.75) is 45.2 Å². The predicted octanol–water partition coefficient (Wildman–Crippen LogP) is 2.61. The lowest BCUT2D eigenvalue weighted by atomic mass is 9.86. The van der Waals surface area contributed by atoms with Crippen LogP contribution in [0.1, 0.15) is 32.3 Å². The minimum Gasteiger partial charge on any atom is -0.378 e. The summed E-state index contributed by atoms with van der Waals surface area (Å²) in [6, 6.07) is 9.20. The third-order valence-electron chi connectivity index (χ3n) is 4.30. The largest absolute Gasteiger partial charge is 0.378 e. The van der Waals surface area contributed by atoms with Gasteiger partial charge in [0.2, 0.25) is 0 Å². The van der Waals surface area contributed by atoms with Gasteiger partial charge in [0.05, 0.1) is 5.54 Å². The molecule has 1 aromatic carbocycles. The molecule has 0 unspecified atom stereocenters. The van der Waals surface area contributed by atoms with E-state index in [-0.39, 0.29) is 5.54 Å². The molecule has 0 aromatic heterocycles. The molecule has 3 heteroatoms. The standard InChI is InChI=1S/C16H27N3/c1-13(2)19-9-7-16(12-17,8-10-19)18-15-6-4-5-14(3)11-15/h4-6,11,13,18H,7-10,12,17H2,1-3H3. The first kappa shape index (κ1) is 14.4. The second-order valence-corrected chi connectivity index (χ2v) is 6.11. The van der Waals surface area contributed by atoms with Gasteiger partial charge in [-0.3, -0.25) is 0 Å². The van der Waals surface area contributed by atoms with E-state index in [1.807, 2.05) is 0 Å². The van der Waals surface area contributed by atoms with Gasteiger partial charge in [-0.25, -0.2) is 0 Å². The van der Waals surface area contributed by atoms with Crippen LogP contribution < -0.4 is 11.1 Å². The van der Waals surface area contributed by atoms with Crippen molar-refractivity contribution in [2.24, 2.45) is 5.73 Å². The second kappa shape index (κ2) is 5.93. The minimum absolute atomic E-state index is 0.0686. The molecule has 1 aliphatic heterocycles. The summed E-state index contributed by atoms with van der Waals surface area (Å²) in [6.07, 6.45) is 2.24. The summed E-state index contributed by atoms with van der Waals surface area (Å²) in [6.45, 7) is 9.63. The topological polar surface area (TPSA) is 41.3 Å². The van der Waals surface area contributed by atoms with E-state index < -0.39 is 0 Å². The van der Waals surface area contributed by atoms with Crippen LogP contribution in [-0.4, -0.2) is 36.1 Å². The van der Waals surface area contributed by atoms with E-state index in [0.29, 0.717) is 12.6 Å². The molecule has 1 saturated heterocycles. The van der Waals surface area contributed by atoms with E-state index in [1.54, 1.807) is 0 Å². The summed E-state index contributed by atoms with van der Waals surface area (Å²) in [5, 5.41) is 3.69. The van der Waals surface area contributed by atoms with E-state index >= 15 is 0 Å². The monoisotopic (exact) mass is 261 g/mol. The lowest BCUT2D eigenvalue weighted by Gasteiger charge is -2.43. The first-order chi connectivity index (χ1) is 9.04. The fraction of sp³-hybridized carbons (Fsp3) is 0.625. The van der Waals surface area contributed by atoms with Gasteiger partial charge in [0.15, 0.2) is 0 Å². The summed E-state index contributed by atoms with van der Waals surface area (Å²) in [7, 11) is 0. The van der Waals surface area contributed by atoms with E-state index in [1.165, 1.54) is 11.3 Å². The maximum atomic E-state index is 6.06. The highest BCUT2D eigenvalue weighted by molar-refractivity contribution is 5.48. The minimum atomic E-state index is 0.0686. The Morgan fingerprint density at radius 3 is 2.53 bits per heavy atom. The van der Waals surface area contributed by atoms with Gasteiger partial charge in [-0.15, -0.1) is 0 Å². The van der Waals surface area contributed by atoms with E-state index in [9.17, 15) is 0 Å². The zero-order chi connectivity index (χ0) is 13.9. The zero-order valence-electron chi connectivity index (χ0n) is 12.4. The number of aryl methyl sites for hydroxylation is 1. The van der Waals surface area contributed by atoms with Gasteiger partial charge in [-0.1, -0.05) is 12.1 Å². The van der Waals surface area contributed by atoms with Crippen molar-refractivity contribution in [3.8, 4) is 0 Å². The van der Waals surface area contributed by atoms with Gasteiger partial charge in [-0.2, -0.15) is 0 Å². The van der Waals surface area contributed by atoms with Gasteiger partial charge in [0, 0.05) is 31.4 Å². The van der Waals surface area contributed by atoms with Crippen molar-refractivity contribution in [1.82, 2.24) is 4.90 Å².